The molecule has 1 N–H and O–H groups in total. The van der Waals surface area contributed by atoms with Crippen molar-refractivity contribution in [2.45, 2.75) is 4.90 Å². The highest BCUT2D eigenvalue weighted by Gasteiger charge is 2.08. The van der Waals surface area contributed by atoms with Gasteiger partial charge in [0.25, 0.3) is 5.91 Å². The molecule has 0 heterocycles. The molecule has 0 saturated carbocycles. The largest absolute Gasteiger partial charge is 0.321 e. The molecule has 1 amide bonds. The highest BCUT2D eigenvalue weighted by Crippen LogP contribution is 2.25. The molecule has 0 atom stereocenters. The van der Waals surface area contributed by atoms with E-state index in [1.807, 2.05) is 30.5 Å². The van der Waals surface area contributed by atoms with Crippen molar-refractivity contribution >= 4 is 23.4 Å². The zero-order chi connectivity index (χ0) is 13.0. The number of halogens is 1. The van der Waals surface area contributed by atoms with E-state index in [4.69, 9.17) is 0 Å². The molecule has 2 aromatic carbocycles. The van der Waals surface area contributed by atoms with Gasteiger partial charge in [-0.1, -0.05) is 12.1 Å². The summed E-state index contributed by atoms with van der Waals surface area (Å²) in [6.45, 7) is 0. The van der Waals surface area contributed by atoms with Crippen molar-refractivity contribution in [3.63, 3.8) is 0 Å². The number of carbonyl (C=O) groups excluding carboxylic acids is 1. The Bertz CT molecular complexity index is 554. The fourth-order valence-electron chi connectivity index (χ4n) is 1.54. The maximum atomic E-state index is 12.8. The monoisotopic (exact) mass is 261 g/mol. The van der Waals surface area contributed by atoms with Crippen LogP contribution in [0.5, 0.6) is 0 Å². The van der Waals surface area contributed by atoms with E-state index < -0.39 is 0 Å². The summed E-state index contributed by atoms with van der Waals surface area (Å²) < 4.78 is 12.8. The van der Waals surface area contributed by atoms with E-state index >= 15 is 0 Å². The van der Waals surface area contributed by atoms with Crippen molar-refractivity contribution in [2.75, 3.05) is 11.6 Å². The summed E-state index contributed by atoms with van der Waals surface area (Å²) in [6, 6.07) is 13.0. The van der Waals surface area contributed by atoms with Gasteiger partial charge in [-0.25, -0.2) is 4.39 Å². The smallest absolute Gasteiger partial charge is 0.255 e. The fourth-order valence-corrected chi connectivity index (χ4v) is 2.10. The van der Waals surface area contributed by atoms with E-state index in [2.05, 4.69) is 5.32 Å². The minimum Gasteiger partial charge on any atom is -0.321 e. The molecule has 2 nitrogen and oxygen atoms in total. The highest BCUT2D eigenvalue weighted by atomic mass is 32.2. The number of hydrogen-bond acceptors (Lipinski definition) is 2. The molecule has 0 aromatic heterocycles. The number of para-hydroxylation sites is 1. The van der Waals surface area contributed by atoms with Crippen LogP contribution in [-0.2, 0) is 0 Å². The standard InChI is InChI=1S/C14H12FNOS/c1-18-13-5-3-2-4-12(13)16-14(17)10-6-8-11(15)9-7-10/h2-9H,1H3,(H,16,17). The molecule has 0 aliphatic carbocycles. The Morgan fingerprint density at radius 3 is 2.44 bits per heavy atom. The van der Waals surface area contributed by atoms with Crippen molar-refractivity contribution < 1.29 is 9.18 Å². The molecule has 2 rings (SSSR count). The van der Waals surface area contributed by atoms with Gasteiger partial charge in [-0.2, -0.15) is 0 Å². The molecule has 2 aromatic rings. The Morgan fingerprint density at radius 2 is 1.78 bits per heavy atom. The molecule has 0 bridgehead atoms. The van der Waals surface area contributed by atoms with Gasteiger partial charge in [-0.15, -0.1) is 11.8 Å². The maximum absolute atomic E-state index is 12.8. The Hall–Kier alpha value is -1.81. The normalized spacial score (nSPS) is 10.1. The van der Waals surface area contributed by atoms with E-state index in [0.717, 1.165) is 10.6 Å². The molecule has 0 aliphatic heterocycles. The van der Waals surface area contributed by atoms with Crippen LogP contribution in [0.25, 0.3) is 0 Å². The zero-order valence-corrected chi connectivity index (χ0v) is 10.6. The fraction of sp³-hybridized carbons (Fsp3) is 0.0714. The topological polar surface area (TPSA) is 29.1 Å². The maximum Gasteiger partial charge on any atom is 0.255 e. The van der Waals surface area contributed by atoms with Gasteiger partial charge in [0.05, 0.1) is 5.69 Å². The minimum atomic E-state index is -0.351. The summed E-state index contributed by atoms with van der Waals surface area (Å²) in [5.74, 6) is -0.590. The van der Waals surface area contributed by atoms with E-state index in [1.54, 1.807) is 11.8 Å². The van der Waals surface area contributed by atoms with E-state index in [9.17, 15) is 9.18 Å². The lowest BCUT2D eigenvalue weighted by Crippen LogP contribution is -2.12. The molecule has 0 aliphatic rings. The molecule has 0 radical (unpaired) electrons. The van der Waals surface area contributed by atoms with Crippen LogP contribution >= 0.6 is 11.8 Å². The third-order valence-electron chi connectivity index (χ3n) is 2.46. The Morgan fingerprint density at radius 1 is 1.11 bits per heavy atom. The van der Waals surface area contributed by atoms with Gasteiger partial charge in [-0.3, -0.25) is 4.79 Å². The number of hydrogen-bond donors (Lipinski definition) is 1. The van der Waals surface area contributed by atoms with Crippen molar-refractivity contribution in [3.8, 4) is 0 Å². The summed E-state index contributed by atoms with van der Waals surface area (Å²) in [5, 5.41) is 2.81. The highest BCUT2D eigenvalue weighted by molar-refractivity contribution is 7.98. The molecular weight excluding hydrogens is 249 g/mol. The molecule has 0 fully saturated rings. The predicted octanol–water partition coefficient (Wildman–Crippen LogP) is 3.80. The van der Waals surface area contributed by atoms with Crippen molar-refractivity contribution in [3.05, 3.63) is 59.9 Å². The first kappa shape index (κ1) is 12.6. The number of rotatable bonds is 3. The lowest BCUT2D eigenvalue weighted by molar-refractivity contribution is 0.102. The lowest BCUT2D eigenvalue weighted by Gasteiger charge is -2.09. The Labute approximate surface area is 109 Å². The average Bonchev–Trinajstić information content (AvgIpc) is 2.40. The van der Waals surface area contributed by atoms with E-state index in [-0.39, 0.29) is 11.7 Å². The van der Waals surface area contributed by atoms with Crippen LogP contribution in [0.15, 0.2) is 53.4 Å². The summed E-state index contributed by atoms with van der Waals surface area (Å²) in [6.07, 6.45) is 1.95. The van der Waals surface area contributed by atoms with E-state index in [0.29, 0.717) is 5.56 Å². The predicted molar refractivity (Wildman–Crippen MR) is 72.6 cm³/mol. The van der Waals surface area contributed by atoms with Gasteiger partial charge < -0.3 is 5.32 Å². The molecular formula is C14H12FNOS. The summed E-state index contributed by atoms with van der Waals surface area (Å²) in [7, 11) is 0. The van der Waals surface area contributed by atoms with Crippen molar-refractivity contribution in [1.82, 2.24) is 0 Å². The van der Waals surface area contributed by atoms with Crippen molar-refractivity contribution in [2.24, 2.45) is 0 Å². The number of nitrogens with one attached hydrogen (secondary N) is 1. The summed E-state index contributed by atoms with van der Waals surface area (Å²) >= 11 is 1.56. The molecule has 4 heteroatoms. The second-order valence-corrected chi connectivity index (χ2v) is 4.51. The van der Waals surface area contributed by atoms with E-state index in [1.165, 1.54) is 24.3 Å². The Balaban J connectivity index is 2.18. The van der Waals surface area contributed by atoms with Gasteiger partial charge in [0, 0.05) is 10.5 Å². The molecule has 0 unspecified atom stereocenters. The van der Waals surface area contributed by atoms with Gasteiger partial charge in [-0.05, 0) is 42.7 Å². The minimum absolute atomic E-state index is 0.239. The number of benzene rings is 2. The number of thioether (sulfide) groups is 1. The first-order valence-electron chi connectivity index (χ1n) is 5.40. The molecule has 92 valence electrons. The molecule has 0 spiro atoms. The van der Waals surface area contributed by atoms with Crippen molar-refractivity contribution in [1.29, 1.82) is 0 Å². The SMILES string of the molecule is CSc1ccccc1NC(=O)c1ccc(F)cc1. The molecule has 18 heavy (non-hydrogen) atoms. The number of amides is 1. The van der Waals surface area contributed by atoms with Crippen LogP contribution in [0, 0.1) is 5.82 Å². The molecule has 0 saturated heterocycles. The quantitative estimate of drug-likeness (QED) is 0.851. The average molecular weight is 261 g/mol. The zero-order valence-electron chi connectivity index (χ0n) is 9.81. The number of carbonyl (C=O) groups is 1. The van der Waals surface area contributed by atoms with Gasteiger partial charge in [0.15, 0.2) is 0 Å². The van der Waals surface area contributed by atoms with Crippen LogP contribution in [0.2, 0.25) is 0 Å². The van der Waals surface area contributed by atoms with Gasteiger partial charge >= 0.3 is 0 Å². The van der Waals surface area contributed by atoms with Crippen LogP contribution in [-0.4, -0.2) is 12.2 Å². The van der Waals surface area contributed by atoms with Crippen LogP contribution in [0.3, 0.4) is 0 Å². The number of anilines is 1. The van der Waals surface area contributed by atoms with Gasteiger partial charge in [0.2, 0.25) is 0 Å². The first-order chi connectivity index (χ1) is 8.70. The lowest BCUT2D eigenvalue weighted by atomic mass is 10.2. The Kier molecular flexibility index (Phi) is 3.99. The van der Waals surface area contributed by atoms with Crippen LogP contribution in [0.1, 0.15) is 10.4 Å². The summed E-state index contributed by atoms with van der Waals surface area (Å²) in [5.41, 5.74) is 1.20. The second-order valence-electron chi connectivity index (χ2n) is 3.66. The third kappa shape index (κ3) is 2.90. The van der Waals surface area contributed by atoms with Gasteiger partial charge in [0.1, 0.15) is 5.82 Å². The second kappa shape index (κ2) is 5.69. The first-order valence-corrected chi connectivity index (χ1v) is 6.63. The third-order valence-corrected chi connectivity index (χ3v) is 3.26. The van der Waals surface area contributed by atoms with Crippen LogP contribution < -0.4 is 5.32 Å². The van der Waals surface area contributed by atoms with Crippen LogP contribution in [0.4, 0.5) is 10.1 Å². The summed E-state index contributed by atoms with van der Waals surface area (Å²) in [4.78, 5) is 12.9.